The molecule has 0 saturated carbocycles. The van der Waals surface area contributed by atoms with Gasteiger partial charge < -0.3 is 24.7 Å². The van der Waals surface area contributed by atoms with Gasteiger partial charge in [-0.15, -0.1) is 0 Å². The molecule has 2 rings (SSSR count). The smallest absolute Gasteiger partial charge is 0.286 e. The number of ether oxygens (including phenoxy) is 2. The molecule has 0 unspecified atom stereocenters. The van der Waals surface area contributed by atoms with Crippen LogP contribution in [0.2, 0.25) is 5.02 Å². The lowest BCUT2D eigenvalue weighted by atomic mass is 10.2. The number of hydrogen-bond acceptors (Lipinski definition) is 7. The fourth-order valence-electron chi connectivity index (χ4n) is 1.86. The number of amides is 2. The van der Waals surface area contributed by atoms with Crippen molar-refractivity contribution in [3.8, 4) is 11.5 Å². The average Bonchev–Trinajstić information content (AvgIpc) is 2.84. The number of carbonyl (C=O) groups is 3. The molecule has 0 saturated heterocycles. The largest absolute Gasteiger partial charge is 0.546 e. The molecule has 25 heavy (non-hydrogen) atoms. The molecule has 2 amide bonds. The van der Waals surface area contributed by atoms with Crippen LogP contribution in [0.3, 0.4) is 0 Å². The summed E-state index contributed by atoms with van der Waals surface area (Å²) in [7, 11) is 1.36. The van der Waals surface area contributed by atoms with Gasteiger partial charge >= 0.3 is 0 Å². The number of nitrogens with zero attached hydrogens (tertiary/aromatic N) is 1. The number of carbonyl (C=O) groups excluding carboxylic acids is 3. The molecule has 1 aliphatic heterocycles. The first kappa shape index (κ1) is 18.8. The molecule has 10 heteroatoms. The summed E-state index contributed by atoms with van der Waals surface area (Å²) in [5.74, 6) is -1.99. The topological polar surface area (TPSA) is 117 Å². The maximum absolute atomic E-state index is 11.9. The Hall–Kier alpha value is -2.52. The number of methoxy groups -OCH3 is 1. The third kappa shape index (κ3) is 4.97. The molecule has 1 heterocycles. The van der Waals surface area contributed by atoms with Crippen LogP contribution < -0.4 is 19.9 Å². The molecular formula is C15H12ClN2O6S-. The Labute approximate surface area is 151 Å². The Bertz CT molecular complexity index is 805. The normalized spacial score (nSPS) is 15.1. The van der Waals surface area contributed by atoms with Gasteiger partial charge in [0.05, 0.1) is 23.0 Å². The molecule has 0 fully saturated rings. The van der Waals surface area contributed by atoms with E-state index in [-0.39, 0.29) is 32.5 Å². The van der Waals surface area contributed by atoms with Gasteiger partial charge in [0.25, 0.3) is 5.91 Å². The van der Waals surface area contributed by atoms with Crippen LogP contribution in [0.25, 0.3) is 6.08 Å². The van der Waals surface area contributed by atoms with E-state index in [2.05, 4.69) is 10.3 Å². The van der Waals surface area contributed by atoms with E-state index in [1.165, 1.54) is 32.2 Å². The lowest BCUT2D eigenvalue weighted by Gasteiger charge is -2.13. The van der Waals surface area contributed by atoms with E-state index < -0.39 is 18.5 Å². The van der Waals surface area contributed by atoms with Crippen molar-refractivity contribution in [1.82, 2.24) is 5.32 Å². The minimum absolute atomic E-state index is 0.0519. The number of carboxylic acids is 1. The van der Waals surface area contributed by atoms with E-state index >= 15 is 0 Å². The molecule has 1 N–H and O–H groups in total. The summed E-state index contributed by atoms with van der Waals surface area (Å²) >= 11 is 7.10. The van der Waals surface area contributed by atoms with Gasteiger partial charge in [0.1, 0.15) is 6.61 Å². The van der Waals surface area contributed by atoms with Crippen molar-refractivity contribution < 1.29 is 29.0 Å². The molecular weight excluding hydrogens is 372 g/mol. The Kier molecular flexibility index (Phi) is 6.05. The van der Waals surface area contributed by atoms with Crippen LogP contribution in [0, 0.1) is 0 Å². The lowest BCUT2D eigenvalue weighted by Crippen LogP contribution is -2.29. The SMILES string of the molecule is COc1cc(/C=C2/SC(NC(C)=O)=NC2=O)cc(Cl)c1OCC(=O)[O-]. The summed E-state index contributed by atoms with van der Waals surface area (Å²) < 4.78 is 10.2. The first-order valence-corrected chi connectivity index (χ1v) is 8.00. The second-order valence-corrected chi connectivity index (χ2v) is 6.15. The van der Waals surface area contributed by atoms with Crippen molar-refractivity contribution in [1.29, 1.82) is 0 Å². The van der Waals surface area contributed by atoms with E-state index in [0.29, 0.717) is 5.56 Å². The second kappa shape index (κ2) is 8.04. The van der Waals surface area contributed by atoms with E-state index in [9.17, 15) is 19.5 Å². The van der Waals surface area contributed by atoms with Crippen LogP contribution in [-0.4, -0.2) is 36.7 Å². The number of nitrogens with one attached hydrogen (secondary N) is 1. The molecule has 132 valence electrons. The number of benzene rings is 1. The molecule has 8 nitrogen and oxygen atoms in total. The molecule has 1 aromatic rings. The van der Waals surface area contributed by atoms with Gasteiger partial charge in [-0.1, -0.05) is 11.6 Å². The number of amidine groups is 1. The fourth-order valence-corrected chi connectivity index (χ4v) is 2.99. The Morgan fingerprint density at radius 2 is 2.16 bits per heavy atom. The maximum atomic E-state index is 11.9. The predicted molar refractivity (Wildman–Crippen MR) is 90.3 cm³/mol. The molecule has 1 aliphatic rings. The van der Waals surface area contributed by atoms with Crippen molar-refractivity contribution in [2.45, 2.75) is 6.92 Å². The Morgan fingerprint density at radius 1 is 1.44 bits per heavy atom. The van der Waals surface area contributed by atoms with Crippen LogP contribution in [0.4, 0.5) is 0 Å². The van der Waals surface area contributed by atoms with Crippen LogP contribution in [-0.2, 0) is 14.4 Å². The van der Waals surface area contributed by atoms with Gasteiger partial charge in [-0.3, -0.25) is 9.59 Å². The summed E-state index contributed by atoms with van der Waals surface area (Å²) in [6.07, 6.45) is 1.52. The monoisotopic (exact) mass is 383 g/mol. The highest BCUT2D eigenvalue weighted by Crippen LogP contribution is 2.38. The highest BCUT2D eigenvalue weighted by Gasteiger charge is 2.23. The third-order valence-corrected chi connectivity index (χ3v) is 3.97. The van der Waals surface area contributed by atoms with Gasteiger partial charge in [-0.05, 0) is 35.5 Å². The molecule has 0 aromatic heterocycles. The van der Waals surface area contributed by atoms with Gasteiger partial charge in [-0.25, -0.2) is 0 Å². The Balaban J connectivity index is 2.26. The van der Waals surface area contributed by atoms with Crippen LogP contribution in [0.5, 0.6) is 11.5 Å². The predicted octanol–water partition coefficient (Wildman–Crippen LogP) is 0.584. The highest BCUT2D eigenvalue weighted by atomic mass is 35.5. The van der Waals surface area contributed by atoms with Gasteiger partial charge in [-0.2, -0.15) is 4.99 Å². The average molecular weight is 384 g/mol. The number of carboxylic acid groups (broad SMARTS) is 1. The van der Waals surface area contributed by atoms with E-state index in [0.717, 1.165) is 11.8 Å². The Morgan fingerprint density at radius 3 is 2.76 bits per heavy atom. The zero-order valence-electron chi connectivity index (χ0n) is 13.1. The second-order valence-electron chi connectivity index (χ2n) is 4.71. The summed E-state index contributed by atoms with van der Waals surface area (Å²) in [5, 5.41) is 13.2. The summed E-state index contributed by atoms with van der Waals surface area (Å²) in [6.45, 7) is 0.629. The van der Waals surface area contributed by atoms with Crippen molar-refractivity contribution in [3.63, 3.8) is 0 Å². The zero-order valence-corrected chi connectivity index (χ0v) is 14.7. The van der Waals surface area contributed by atoms with Gasteiger partial charge in [0.15, 0.2) is 16.7 Å². The molecule has 0 bridgehead atoms. The zero-order chi connectivity index (χ0) is 18.6. The maximum Gasteiger partial charge on any atom is 0.286 e. The van der Waals surface area contributed by atoms with Gasteiger partial charge in [0.2, 0.25) is 5.91 Å². The van der Waals surface area contributed by atoms with Crippen LogP contribution in [0.1, 0.15) is 12.5 Å². The summed E-state index contributed by atoms with van der Waals surface area (Å²) in [4.78, 5) is 37.4. The third-order valence-electron chi connectivity index (χ3n) is 2.79. The van der Waals surface area contributed by atoms with E-state index in [1.807, 2.05) is 0 Å². The first-order valence-electron chi connectivity index (χ1n) is 6.80. The summed E-state index contributed by atoms with van der Waals surface area (Å²) in [6, 6.07) is 3.00. The first-order chi connectivity index (χ1) is 11.8. The number of thioether (sulfide) groups is 1. The number of rotatable bonds is 5. The number of aliphatic imine (C=N–C) groups is 1. The van der Waals surface area contributed by atoms with Crippen LogP contribution in [0.15, 0.2) is 22.0 Å². The van der Waals surface area contributed by atoms with Crippen molar-refractivity contribution >= 4 is 52.4 Å². The molecule has 0 radical (unpaired) electrons. The standard InChI is InChI=1S/C15H13ClN2O6S/c1-7(19)17-15-18-14(22)11(25-15)5-8-3-9(16)13(10(4-8)23-2)24-6-12(20)21/h3-5H,6H2,1-2H3,(H,20,21)(H,17,18,19,22)/p-1/b11-5+. The van der Waals surface area contributed by atoms with Gasteiger partial charge in [0, 0.05) is 6.92 Å². The lowest BCUT2D eigenvalue weighted by molar-refractivity contribution is -0.307. The molecule has 1 aromatic carbocycles. The minimum Gasteiger partial charge on any atom is -0.546 e. The molecule has 0 aliphatic carbocycles. The minimum atomic E-state index is -1.40. The van der Waals surface area contributed by atoms with Crippen molar-refractivity contribution in [2.24, 2.45) is 4.99 Å². The summed E-state index contributed by atoms with van der Waals surface area (Å²) in [5.41, 5.74) is 0.512. The number of aliphatic carboxylic acids is 1. The number of hydrogen-bond donors (Lipinski definition) is 1. The van der Waals surface area contributed by atoms with E-state index in [4.69, 9.17) is 21.1 Å². The molecule has 0 atom stereocenters. The fraction of sp³-hybridized carbons (Fsp3) is 0.200. The van der Waals surface area contributed by atoms with Crippen molar-refractivity contribution in [3.05, 3.63) is 27.6 Å². The molecule has 0 spiro atoms. The van der Waals surface area contributed by atoms with Crippen molar-refractivity contribution in [2.75, 3.05) is 13.7 Å². The quantitative estimate of drug-likeness (QED) is 0.739. The van der Waals surface area contributed by atoms with Crippen LogP contribution >= 0.6 is 23.4 Å². The number of halogens is 1. The van der Waals surface area contributed by atoms with E-state index in [1.54, 1.807) is 0 Å². The highest BCUT2D eigenvalue weighted by molar-refractivity contribution is 8.18.